The maximum Gasteiger partial charge on any atom is 0.387 e. The van der Waals surface area contributed by atoms with E-state index in [4.69, 9.17) is 0 Å². The van der Waals surface area contributed by atoms with Gasteiger partial charge in [0.2, 0.25) is 0 Å². The number of hydrogen-bond donors (Lipinski definition) is 3. The third-order valence-corrected chi connectivity index (χ3v) is 4.48. The first kappa shape index (κ1) is 18.9. The topological polar surface area (TPSA) is 66.2 Å². The van der Waals surface area contributed by atoms with Crippen LogP contribution in [0.5, 0.6) is 11.5 Å². The molecule has 27 heavy (non-hydrogen) atoms. The molecule has 1 aliphatic heterocycles. The molecule has 1 saturated heterocycles. The summed E-state index contributed by atoms with van der Waals surface area (Å²) in [6, 6.07) is 13.3. The Balaban J connectivity index is 1.52. The number of carbonyl (C=O) groups excluding carboxylic acids is 1. The minimum atomic E-state index is -2.95. The zero-order valence-electron chi connectivity index (χ0n) is 14.7. The van der Waals surface area contributed by atoms with Gasteiger partial charge in [0.1, 0.15) is 11.5 Å². The molecule has 0 aliphatic carbocycles. The van der Waals surface area contributed by atoms with Crippen LogP contribution >= 0.6 is 0 Å². The summed E-state index contributed by atoms with van der Waals surface area (Å²) in [5.74, 6) is -0.0686. The fourth-order valence-corrected chi connectivity index (χ4v) is 3.16. The van der Waals surface area contributed by atoms with Crippen molar-refractivity contribution in [3.63, 3.8) is 0 Å². The summed E-state index contributed by atoms with van der Waals surface area (Å²) < 4.78 is 29.3. The Bertz CT molecular complexity index is 780. The van der Waals surface area contributed by atoms with E-state index in [-0.39, 0.29) is 29.6 Å². The number of anilines is 2. The van der Waals surface area contributed by atoms with Crippen molar-refractivity contribution in [1.82, 2.24) is 0 Å². The van der Waals surface area contributed by atoms with Gasteiger partial charge in [-0.25, -0.2) is 0 Å². The van der Waals surface area contributed by atoms with Gasteiger partial charge in [-0.15, -0.1) is 0 Å². The first-order valence-electron chi connectivity index (χ1n) is 8.73. The van der Waals surface area contributed by atoms with Crippen molar-refractivity contribution >= 4 is 17.3 Å². The van der Waals surface area contributed by atoms with Crippen LogP contribution in [-0.4, -0.2) is 50.3 Å². The zero-order chi connectivity index (χ0) is 19.2. The van der Waals surface area contributed by atoms with Gasteiger partial charge in [0.15, 0.2) is 6.54 Å². The smallest absolute Gasteiger partial charge is 0.387 e. The quantitative estimate of drug-likeness (QED) is 0.710. The Hall–Kier alpha value is -2.87. The number of amides is 1. The lowest BCUT2D eigenvalue weighted by Gasteiger charge is -2.33. The number of benzene rings is 2. The molecule has 1 aliphatic rings. The minimum absolute atomic E-state index is 0.0553. The van der Waals surface area contributed by atoms with Gasteiger partial charge in [0, 0.05) is 0 Å². The third-order valence-electron chi connectivity index (χ3n) is 4.48. The van der Waals surface area contributed by atoms with Crippen LogP contribution in [-0.2, 0) is 4.79 Å². The number of hydrogen-bond acceptors (Lipinski definition) is 4. The van der Waals surface area contributed by atoms with Gasteiger partial charge in [-0.3, -0.25) is 4.79 Å². The largest absolute Gasteiger partial charge is 0.506 e. The molecular weight excluding hydrogens is 356 g/mol. The van der Waals surface area contributed by atoms with E-state index in [2.05, 4.69) is 15.0 Å². The van der Waals surface area contributed by atoms with Crippen LogP contribution in [0.25, 0.3) is 0 Å². The molecule has 0 saturated carbocycles. The third kappa shape index (κ3) is 5.07. The second kappa shape index (κ2) is 8.68. The number of alkyl halides is 2. The number of halogens is 2. The van der Waals surface area contributed by atoms with Gasteiger partial charge >= 0.3 is 6.61 Å². The highest BCUT2D eigenvalue weighted by molar-refractivity contribution is 5.92. The summed E-state index contributed by atoms with van der Waals surface area (Å²) in [6.45, 7) is 0.179. The minimum Gasteiger partial charge on any atom is -0.506 e. The lowest BCUT2D eigenvalue weighted by atomic mass is 10.2. The standard InChI is InChI=1S/C19H21F2N3O3/c20-19(21)27-17-8-4-1-5-14(17)22-18(26)13-23-9-11-24(12-10-23)15-6-2-3-7-16(15)25/h1-8,19,25H,9-13H2,(H,22,26)/p+1. The number of aromatic hydroxyl groups is 1. The highest BCUT2D eigenvalue weighted by Crippen LogP contribution is 2.26. The van der Waals surface area contributed by atoms with Crippen LogP contribution < -0.4 is 19.9 Å². The van der Waals surface area contributed by atoms with E-state index in [1.54, 1.807) is 24.3 Å². The molecule has 0 spiro atoms. The summed E-state index contributed by atoms with van der Waals surface area (Å²) in [6.07, 6.45) is 0. The van der Waals surface area contributed by atoms with Crippen molar-refractivity contribution < 1.29 is 28.3 Å². The number of piperazine rings is 1. The van der Waals surface area contributed by atoms with Crippen LogP contribution in [0.4, 0.5) is 20.2 Å². The molecule has 0 atom stereocenters. The molecule has 0 unspecified atom stereocenters. The first-order chi connectivity index (χ1) is 13.0. The molecule has 8 heteroatoms. The van der Waals surface area contributed by atoms with E-state index in [9.17, 15) is 18.7 Å². The van der Waals surface area contributed by atoms with Crippen molar-refractivity contribution in [2.24, 2.45) is 0 Å². The number of quaternary nitrogens is 1. The predicted octanol–water partition coefficient (Wildman–Crippen LogP) is 1.34. The maximum absolute atomic E-state index is 12.5. The summed E-state index contributed by atoms with van der Waals surface area (Å²) in [5.41, 5.74) is 1.02. The molecule has 1 fully saturated rings. The second-order valence-electron chi connectivity index (χ2n) is 6.33. The number of nitrogens with one attached hydrogen (secondary N) is 2. The van der Waals surface area contributed by atoms with Gasteiger partial charge in [-0.2, -0.15) is 8.78 Å². The van der Waals surface area contributed by atoms with Crippen LogP contribution in [0.15, 0.2) is 48.5 Å². The summed E-state index contributed by atoms with van der Waals surface area (Å²) in [7, 11) is 0. The molecular formula is C19H22F2N3O3+. The molecule has 6 nitrogen and oxygen atoms in total. The fourth-order valence-electron chi connectivity index (χ4n) is 3.16. The van der Waals surface area contributed by atoms with E-state index < -0.39 is 6.61 Å². The number of carbonyl (C=O) groups is 1. The van der Waals surface area contributed by atoms with Gasteiger partial charge in [0.25, 0.3) is 5.91 Å². The number of para-hydroxylation sites is 4. The van der Waals surface area contributed by atoms with Crippen LogP contribution in [0.3, 0.4) is 0 Å². The Labute approximate surface area is 156 Å². The Morgan fingerprint density at radius 2 is 1.81 bits per heavy atom. The van der Waals surface area contributed by atoms with Gasteiger partial charge in [-0.1, -0.05) is 24.3 Å². The van der Waals surface area contributed by atoms with Crippen molar-refractivity contribution in [2.45, 2.75) is 6.61 Å². The summed E-state index contributed by atoms with van der Waals surface area (Å²) in [5, 5.41) is 12.6. The molecule has 0 bridgehead atoms. The molecule has 2 aromatic carbocycles. The van der Waals surface area contributed by atoms with E-state index >= 15 is 0 Å². The summed E-state index contributed by atoms with van der Waals surface area (Å²) in [4.78, 5) is 15.5. The zero-order valence-corrected chi connectivity index (χ0v) is 14.7. The highest BCUT2D eigenvalue weighted by Gasteiger charge is 2.24. The second-order valence-corrected chi connectivity index (χ2v) is 6.33. The van der Waals surface area contributed by atoms with Crippen molar-refractivity contribution in [1.29, 1.82) is 0 Å². The monoisotopic (exact) mass is 378 g/mol. The van der Waals surface area contributed by atoms with E-state index in [0.717, 1.165) is 23.7 Å². The SMILES string of the molecule is O=C(C[NH+]1CCN(c2ccccc2O)CC1)Nc1ccccc1OC(F)F. The van der Waals surface area contributed by atoms with E-state index in [0.29, 0.717) is 13.1 Å². The molecule has 3 rings (SSSR count). The van der Waals surface area contributed by atoms with Crippen molar-refractivity contribution in [3.05, 3.63) is 48.5 Å². The van der Waals surface area contributed by atoms with E-state index in [1.807, 2.05) is 12.1 Å². The average molecular weight is 378 g/mol. The number of phenols is 1. The Kier molecular flexibility index (Phi) is 6.08. The van der Waals surface area contributed by atoms with Crippen molar-refractivity contribution in [3.8, 4) is 11.5 Å². The number of nitrogens with zero attached hydrogens (tertiary/aromatic N) is 1. The van der Waals surface area contributed by atoms with Gasteiger partial charge in [-0.05, 0) is 24.3 Å². The molecule has 1 heterocycles. The molecule has 2 aromatic rings. The average Bonchev–Trinajstić information content (AvgIpc) is 2.64. The Morgan fingerprint density at radius 1 is 1.15 bits per heavy atom. The van der Waals surface area contributed by atoms with Gasteiger partial charge in [0.05, 0.1) is 37.6 Å². The molecule has 0 radical (unpaired) electrons. The Morgan fingerprint density at radius 3 is 2.52 bits per heavy atom. The first-order valence-corrected chi connectivity index (χ1v) is 8.73. The predicted molar refractivity (Wildman–Crippen MR) is 97.6 cm³/mol. The fraction of sp³-hybridized carbons (Fsp3) is 0.316. The van der Waals surface area contributed by atoms with Crippen molar-refractivity contribution in [2.75, 3.05) is 42.9 Å². The number of rotatable bonds is 6. The number of ether oxygens (including phenoxy) is 1. The molecule has 3 N–H and O–H groups in total. The molecule has 144 valence electrons. The number of phenolic OH excluding ortho intramolecular Hbond substituents is 1. The van der Waals surface area contributed by atoms with E-state index in [1.165, 1.54) is 12.1 Å². The highest BCUT2D eigenvalue weighted by atomic mass is 19.3. The van der Waals surface area contributed by atoms with Crippen LogP contribution in [0, 0.1) is 0 Å². The molecule has 1 amide bonds. The van der Waals surface area contributed by atoms with Crippen LogP contribution in [0.1, 0.15) is 0 Å². The lowest BCUT2D eigenvalue weighted by Crippen LogP contribution is -3.15. The molecule has 0 aromatic heterocycles. The summed E-state index contributed by atoms with van der Waals surface area (Å²) >= 11 is 0. The lowest BCUT2D eigenvalue weighted by molar-refractivity contribution is -0.892. The van der Waals surface area contributed by atoms with Crippen LogP contribution in [0.2, 0.25) is 0 Å². The normalized spacial score (nSPS) is 15.0. The maximum atomic E-state index is 12.5. The van der Waals surface area contributed by atoms with Gasteiger partial charge < -0.3 is 25.0 Å².